The molecule has 0 rings (SSSR count). The van der Waals surface area contributed by atoms with Crippen molar-refractivity contribution >= 4 is 6.09 Å². The monoisotopic (exact) mass is 192 g/mol. The molecular weight excluding hydrogens is 175 g/mol. The van der Waals surface area contributed by atoms with Crippen LogP contribution in [0.25, 0.3) is 0 Å². The molecule has 0 aromatic carbocycles. The second kappa shape index (κ2) is 5.01. The molecule has 13 heavy (non-hydrogen) atoms. The summed E-state index contributed by atoms with van der Waals surface area (Å²) < 4.78 is 12.3. The standard InChI is InChI=1S/C8H17FN2O2/c1-8(2,11-7(12)13)3-6(4-9)5-10/h6,11H,3-5,10H2,1-2H3,(H,12,13). The van der Waals surface area contributed by atoms with Crippen LogP contribution in [0.15, 0.2) is 0 Å². The van der Waals surface area contributed by atoms with Crippen LogP contribution >= 0.6 is 0 Å². The highest BCUT2D eigenvalue weighted by Gasteiger charge is 2.24. The Morgan fingerprint density at radius 2 is 2.23 bits per heavy atom. The summed E-state index contributed by atoms with van der Waals surface area (Å²) in [7, 11) is 0. The number of amides is 1. The molecule has 4 N–H and O–H groups in total. The minimum absolute atomic E-state index is 0.237. The second-order valence-corrected chi connectivity index (χ2v) is 3.77. The van der Waals surface area contributed by atoms with E-state index in [4.69, 9.17) is 10.8 Å². The number of rotatable bonds is 5. The van der Waals surface area contributed by atoms with Gasteiger partial charge in [0.25, 0.3) is 0 Å². The van der Waals surface area contributed by atoms with Crippen molar-refractivity contribution in [1.82, 2.24) is 5.32 Å². The zero-order chi connectivity index (χ0) is 10.5. The fourth-order valence-corrected chi connectivity index (χ4v) is 1.26. The van der Waals surface area contributed by atoms with Gasteiger partial charge in [-0.1, -0.05) is 0 Å². The van der Waals surface area contributed by atoms with E-state index in [-0.39, 0.29) is 12.5 Å². The average Bonchev–Trinajstić information content (AvgIpc) is 1.97. The minimum atomic E-state index is -1.10. The lowest BCUT2D eigenvalue weighted by atomic mass is 9.91. The normalized spacial score (nSPS) is 13.8. The van der Waals surface area contributed by atoms with Crippen LogP contribution in [0.3, 0.4) is 0 Å². The largest absolute Gasteiger partial charge is 0.465 e. The molecule has 0 heterocycles. The molecule has 0 saturated carbocycles. The smallest absolute Gasteiger partial charge is 0.405 e. The number of halogens is 1. The van der Waals surface area contributed by atoms with Gasteiger partial charge in [0.2, 0.25) is 0 Å². The molecule has 4 nitrogen and oxygen atoms in total. The number of hydrogen-bond donors (Lipinski definition) is 3. The highest BCUT2D eigenvalue weighted by molar-refractivity contribution is 5.65. The fraction of sp³-hybridized carbons (Fsp3) is 0.875. The third-order valence-electron chi connectivity index (χ3n) is 1.80. The van der Waals surface area contributed by atoms with Gasteiger partial charge in [-0.05, 0) is 26.8 Å². The molecule has 78 valence electrons. The van der Waals surface area contributed by atoms with E-state index in [1.807, 2.05) is 0 Å². The third kappa shape index (κ3) is 5.41. The van der Waals surface area contributed by atoms with Crippen LogP contribution in [0.2, 0.25) is 0 Å². The van der Waals surface area contributed by atoms with E-state index < -0.39 is 18.3 Å². The fourth-order valence-electron chi connectivity index (χ4n) is 1.26. The van der Waals surface area contributed by atoms with Gasteiger partial charge in [-0.3, -0.25) is 4.39 Å². The first kappa shape index (κ1) is 12.2. The minimum Gasteiger partial charge on any atom is -0.465 e. The Morgan fingerprint density at radius 3 is 2.54 bits per heavy atom. The van der Waals surface area contributed by atoms with Gasteiger partial charge in [0.05, 0.1) is 6.67 Å². The van der Waals surface area contributed by atoms with E-state index in [9.17, 15) is 9.18 Å². The summed E-state index contributed by atoms with van der Waals surface area (Å²) >= 11 is 0. The van der Waals surface area contributed by atoms with Crippen molar-refractivity contribution in [2.45, 2.75) is 25.8 Å². The second-order valence-electron chi connectivity index (χ2n) is 3.77. The molecule has 0 spiro atoms. The summed E-state index contributed by atoms with van der Waals surface area (Å²) in [6, 6.07) is 0. The SMILES string of the molecule is CC(C)(CC(CN)CF)NC(=O)O. The summed E-state index contributed by atoms with van der Waals surface area (Å²) in [6.45, 7) is 3.14. The zero-order valence-electron chi connectivity index (χ0n) is 8.01. The number of carboxylic acid groups (broad SMARTS) is 1. The first-order valence-electron chi connectivity index (χ1n) is 4.18. The molecule has 1 unspecified atom stereocenters. The van der Waals surface area contributed by atoms with E-state index in [1.165, 1.54) is 0 Å². The molecule has 0 fully saturated rings. The number of nitrogens with one attached hydrogen (secondary N) is 1. The maximum absolute atomic E-state index is 12.3. The molecule has 0 aliphatic carbocycles. The first-order chi connectivity index (χ1) is 5.91. The molecule has 0 aromatic heterocycles. The molecule has 1 atom stereocenters. The molecule has 0 saturated heterocycles. The Morgan fingerprint density at radius 1 is 1.69 bits per heavy atom. The Kier molecular flexibility index (Phi) is 4.69. The maximum Gasteiger partial charge on any atom is 0.405 e. The lowest BCUT2D eigenvalue weighted by Gasteiger charge is -2.27. The van der Waals surface area contributed by atoms with E-state index >= 15 is 0 Å². The number of hydrogen-bond acceptors (Lipinski definition) is 2. The lowest BCUT2D eigenvalue weighted by molar-refractivity contribution is 0.174. The molecule has 0 bridgehead atoms. The van der Waals surface area contributed by atoms with Crippen molar-refractivity contribution in [3.05, 3.63) is 0 Å². The third-order valence-corrected chi connectivity index (χ3v) is 1.80. The number of alkyl halides is 1. The summed E-state index contributed by atoms with van der Waals surface area (Å²) in [5, 5.41) is 10.8. The highest BCUT2D eigenvalue weighted by atomic mass is 19.1. The quantitative estimate of drug-likeness (QED) is 0.607. The Bertz CT molecular complexity index is 170. The lowest BCUT2D eigenvalue weighted by Crippen LogP contribution is -2.45. The molecule has 0 aliphatic heterocycles. The van der Waals surface area contributed by atoms with Gasteiger partial charge in [0.15, 0.2) is 0 Å². The summed E-state index contributed by atoms with van der Waals surface area (Å²) in [5.41, 5.74) is 4.68. The van der Waals surface area contributed by atoms with E-state index in [0.29, 0.717) is 6.42 Å². The van der Waals surface area contributed by atoms with Crippen LogP contribution in [0.1, 0.15) is 20.3 Å². The molecular formula is C8H17FN2O2. The van der Waals surface area contributed by atoms with Crippen LogP contribution in [0, 0.1) is 5.92 Å². The van der Waals surface area contributed by atoms with Crippen molar-refractivity contribution in [2.24, 2.45) is 11.7 Å². The molecule has 5 heteroatoms. The summed E-state index contributed by atoms with van der Waals surface area (Å²) in [5.74, 6) is -0.276. The Labute approximate surface area is 77.3 Å². The average molecular weight is 192 g/mol. The van der Waals surface area contributed by atoms with E-state index in [1.54, 1.807) is 13.8 Å². The van der Waals surface area contributed by atoms with Crippen molar-refractivity contribution in [3.8, 4) is 0 Å². The number of carbonyl (C=O) groups is 1. The van der Waals surface area contributed by atoms with Gasteiger partial charge in [-0.15, -0.1) is 0 Å². The van der Waals surface area contributed by atoms with Gasteiger partial charge in [0.1, 0.15) is 0 Å². The summed E-state index contributed by atoms with van der Waals surface area (Å²) in [4.78, 5) is 10.3. The van der Waals surface area contributed by atoms with Crippen LogP contribution in [0.5, 0.6) is 0 Å². The van der Waals surface area contributed by atoms with Gasteiger partial charge in [-0.2, -0.15) is 0 Å². The maximum atomic E-state index is 12.3. The van der Waals surface area contributed by atoms with Gasteiger partial charge >= 0.3 is 6.09 Å². The van der Waals surface area contributed by atoms with Gasteiger partial charge < -0.3 is 16.2 Å². The van der Waals surface area contributed by atoms with Crippen molar-refractivity contribution in [2.75, 3.05) is 13.2 Å². The van der Waals surface area contributed by atoms with Crippen LogP contribution < -0.4 is 11.1 Å². The van der Waals surface area contributed by atoms with Crippen molar-refractivity contribution in [1.29, 1.82) is 0 Å². The number of nitrogens with two attached hydrogens (primary N) is 1. The van der Waals surface area contributed by atoms with Crippen LogP contribution in [-0.4, -0.2) is 30.0 Å². The Hall–Kier alpha value is -0.840. The van der Waals surface area contributed by atoms with E-state index in [2.05, 4.69) is 5.32 Å². The van der Waals surface area contributed by atoms with Gasteiger partial charge in [0, 0.05) is 11.5 Å². The predicted octanol–water partition coefficient (Wildman–Crippen LogP) is 0.967. The molecule has 0 aromatic rings. The summed E-state index contributed by atoms with van der Waals surface area (Å²) in [6.07, 6.45) is -0.689. The zero-order valence-corrected chi connectivity index (χ0v) is 8.01. The topological polar surface area (TPSA) is 75.3 Å². The molecule has 1 amide bonds. The molecule has 0 radical (unpaired) electrons. The van der Waals surface area contributed by atoms with Crippen LogP contribution in [0.4, 0.5) is 9.18 Å². The molecule has 0 aliphatic rings. The van der Waals surface area contributed by atoms with Crippen molar-refractivity contribution in [3.63, 3.8) is 0 Å². The van der Waals surface area contributed by atoms with Gasteiger partial charge in [-0.25, -0.2) is 4.79 Å². The Balaban J connectivity index is 4.05. The highest BCUT2D eigenvalue weighted by Crippen LogP contribution is 2.15. The van der Waals surface area contributed by atoms with Crippen LogP contribution in [-0.2, 0) is 0 Å². The van der Waals surface area contributed by atoms with E-state index in [0.717, 1.165) is 0 Å². The first-order valence-corrected chi connectivity index (χ1v) is 4.18. The van der Waals surface area contributed by atoms with Crippen molar-refractivity contribution < 1.29 is 14.3 Å². The predicted molar refractivity (Wildman–Crippen MR) is 48.4 cm³/mol.